The Labute approximate surface area is 143 Å². The number of hydrogen-bond donors (Lipinski definition) is 1. The van der Waals surface area contributed by atoms with E-state index >= 15 is 0 Å². The van der Waals surface area contributed by atoms with Crippen LogP contribution in [0.15, 0.2) is 51.8 Å². The molecular weight excluding hydrogens is 386 g/mol. The number of fused-ring (bicyclic) bond motifs is 1. The van der Waals surface area contributed by atoms with Crippen molar-refractivity contribution < 1.29 is 8.42 Å². The quantitative estimate of drug-likeness (QED) is 0.805. The maximum Gasteiger partial charge on any atom is 0.258 e. The second kappa shape index (κ2) is 6.07. The highest BCUT2D eigenvalue weighted by Gasteiger charge is 2.22. The topological polar surface area (TPSA) is 46.2 Å². The number of nitrogens with one attached hydrogen (secondary N) is 1. The van der Waals surface area contributed by atoms with Crippen molar-refractivity contribution in [2.45, 2.75) is 12.8 Å². The van der Waals surface area contributed by atoms with E-state index in [4.69, 9.17) is 11.6 Å². The fourth-order valence-corrected chi connectivity index (χ4v) is 4.43. The van der Waals surface area contributed by atoms with Gasteiger partial charge in [-0.2, -0.15) is 0 Å². The minimum atomic E-state index is -3.60. The van der Waals surface area contributed by atoms with Crippen LogP contribution < -0.4 is 4.72 Å². The van der Waals surface area contributed by atoms with Crippen LogP contribution in [0, 0.1) is 0 Å². The number of halogens is 2. The Morgan fingerprint density at radius 2 is 1.86 bits per heavy atom. The molecule has 6 heteroatoms. The molecule has 1 N–H and O–H groups in total. The molecule has 0 aliphatic heterocycles. The van der Waals surface area contributed by atoms with Crippen LogP contribution in [0.2, 0.25) is 5.02 Å². The first kappa shape index (κ1) is 15.6. The molecule has 0 unspecified atom stereocenters. The molecular formula is C16H13BrClNO2S. The van der Waals surface area contributed by atoms with Gasteiger partial charge in [0.15, 0.2) is 0 Å². The predicted molar refractivity (Wildman–Crippen MR) is 94.4 cm³/mol. The van der Waals surface area contributed by atoms with Gasteiger partial charge in [0.2, 0.25) is 0 Å². The second-order valence-electron chi connectivity index (χ2n) is 5.04. The highest BCUT2D eigenvalue weighted by Crippen LogP contribution is 2.31. The number of sulfonamides is 1. The minimum absolute atomic E-state index is 0.356. The van der Waals surface area contributed by atoms with E-state index < -0.39 is 10.0 Å². The molecule has 22 heavy (non-hydrogen) atoms. The van der Waals surface area contributed by atoms with Crippen molar-refractivity contribution in [2.24, 2.45) is 0 Å². The normalized spacial score (nSPS) is 14.2. The van der Waals surface area contributed by atoms with Gasteiger partial charge in [-0.25, -0.2) is 8.42 Å². The Balaban J connectivity index is 1.93. The van der Waals surface area contributed by atoms with Gasteiger partial charge in [-0.3, -0.25) is 4.72 Å². The summed E-state index contributed by atoms with van der Waals surface area (Å²) in [5.41, 5.74) is 2.50. The van der Waals surface area contributed by atoms with Crippen LogP contribution in [-0.2, 0) is 16.4 Å². The predicted octanol–water partition coefficient (Wildman–Crippen LogP) is 4.83. The number of anilines is 1. The molecule has 0 bridgehead atoms. The molecule has 0 spiro atoms. The van der Waals surface area contributed by atoms with Crippen molar-refractivity contribution in [3.63, 3.8) is 0 Å². The molecule has 0 aromatic heterocycles. The van der Waals surface area contributed by atoms with Crippen molar-refractivity contribution in [2.75, 3.05) is 4.72 Å². The molecule has 2 aromatic carbocycles. The zero-order chi connectivity index (χ0) is 15.7. The summed E-state index contributed by atoms with van der Waals surface area (Å²) in [7, 11) is -3.60. The van der Waals surface area contributed by atoms with Crippen LogP contribution in [-0.4, -0.2) is 8.42 Å². The van der Waals surface area contributed by atoms with E-state index in [1.54, 1.807) is 24.3 Å². The van der Waals surface area contributed by atoms with Crippen LogP contribution >= 0.6 is 27.5 Å². The molecule has 0 heterocycles. The highest BCUT2D eigenvalue weighted by atomic mass is 79.9. The third-order valence-corrected chi connectivity index (χ3v) is 5.84. The van der Waals surface area contributed by atoms with Crippen molar-refractivity contribution >= 4 is 49.3 Å². The molecule has 0 fully saturated rings. The standard InChI is InChI=1S/C16H13BrClNO2S/c17-13-6-8-16(15(18)10-13)19-22(20,21)14-7-5-11-3-1-2-4-12(11)9-14/h1-4,6,8-10,19H,5,7H2. The van der Waals surface area contributed by atoms with E-state index in [1.165, 1.54) is 5.56 Å². The Bertz CT molecular complexity index is 862. The van der Waals surface area contributed by atoms with Gasteiger partial charge in [0.25, 0.3) is 10.0 Å². The van der Waals surface area contributed by atoms with E-state index in [2.05, 4.69) is 20.7 Å². The summed E-state index contributed by atoms with van der Waals surface area (Å²) in [4.78, 5) is 0.380. The van der Waals surface area contributed by atoms with E-state index in [0.717, 1.165) is 16.5 Å². The maximum absolute atomic E-state index is 12.6. The molecule has 0 amide bonds. The van der Waals surface area contributed by atoms with Crippen molar-refractivity contribution in [3.8, 4) is 0 Å². The van der Waals surface area contributed by atoms with Crippen molar-refractivity contribution in [1.82, 2.24) is 0 Å². The smallest absolute Gasteiger partial charge is 0.258 e. The molecule has 0 saturated carbocycles. The van der Waals surface area contributed by atoms with Gasteiger partial charge < -0.3 is 0 Å². The van der Waals surface area contributed by atoms with Crippen molar-refractivity contribution in [3.05, 3.63) is 68.0 Å². The monoisotopic (exact) mass is 397 g/mol. The minimum Gasteiger partial charge on any atom is -0.278 e. The SMILES string of the molecule is O=S(=O)(Nc1ccc(Br)cc1Cl)C1=Cc2ccccc2CC1. The van der Waals surface area contributed by atoms with Crippen LogP contribution in [0.5, 0.6) is 0 Å². The first-order valence-corrected chi connectivity index (χ1v) is 9.37. The first-order valence-electron chi connectivity index (χ1n) is 6.72. The second-order valence-corrected chi connectivity index (χ2v) is 8.10. The third-order valence-electron chi connectivity index (χ3n) is 3.53. The summed E-state index contributed by atoms with van der Waals surface area (Å²) in [6.45, 7) is 0. The van der Waals surface area contributed by atoms with E-state index in [9.17, 15) is 8.42 Å². The average Bonchev–Trinajstić information content (AvgIpc) is 2.49. The molecule has 3 rings (SSSR count). The lowest BCUT2D eigenvalue weighted by molar-refractivity contribution is 0.605. The van der Waals surface area contributed by atoms with Crippen LogP contribution in [0.25, 0.3) is 6.08 Å². The molecule has 0 atom stereocenters. The summed E-state index contributed by atoms with van der Waals surface area (Å²) < 4.78 is 28.5. The summed E-state index contributed by atoms with van der Waals surface area (Å²) >= 11 is 9.38. The maximum atomic E-state index is 12.6. The Hall–Kier alpha value is -1.30. The van der Waals surface area contributed by atoms with Crippen LogP contribution in [0.4, 0.5) is 5.69 Å². The van der Waals surface area contributed by atoms with Crippen LogP contribution in [0.1, 0.15) is 17.5 Å². The largest absolute Gasteiger partial charge is 0.278 e. The summed E-state index contributed by atoms with van der Waals surface area (Å²) in [6.07, 6.45) is 2.94. The van der Waals surface area contributed by atoms with Gasteiger partial charge in [-0.1, -0.05) is 51.8 Å². The summed E-state index contributed by atoms with van der Waals surface area (Å²) in [5.74, 6) is 0. The average molecular weight is 399 g/mol. The Kier molecular flexibility index (Phi) is 4.30. The van der Waals surface area contributed by atoms with Gasteiger partial charge >= 0.3 is 0 Å². The Morgan fingerprint density at radius 1 is 1.09 bits per heavy atom. The summed E-state index contributed by atoms with van der Waals surface area (Å²) in [5, 5.41) is 0.356. The number of allylic oxidation sites excluding steroid dienone is 1. The Morgan fingerprint density at radius 3 is 2.64 bits per heavy atom. The number of benzene rings is 2. The van der Waals surface area contributed by atoms with Crippen molar-refractivity contribution in [1.29, 1.82) is 0 Å². The zero-order valence-electron chi connectivity index (χ0n) is 11.5. The first-order chi connectivity index (χ1) is 10.5. The molecule has 1 aliphatic carbocycles. The molecule has 0 radical (unpaired) electrons. The third kappa shape index (κ3) is 3.21. The molecule has 0 saturated heterocycles. The zero-order valence-corrected chi connectivity index (χ0v) is 14.7. The fraction of sp³-hybridized carbons (Fsp3) is 0.125. The molecule has 1 aliphatic rings. The van der Waals surface area contributed by atoms with Gasteiger partial charge in [0.1, 0.15) is 0 Å². The van der Waals surface area contributed by atoms with Gasteiger partial charge in [0, 0.05) is 4.47 Å². The molecule has 3 nitrogen and oxygen atoms in total. The number of aryl methyl sites for hydroxylation is 1. The van der Waals surface area contributed by atoms with Gasteiger partial charge in [-0.15, -0.1) is 0 Å². The number of hydrogen-bond acceptors (Lipinski definition) is 2. The molecule has 2 aromatic rings. The molecule has 114 valence electrons. The van der Waals surface area contributed by atoms with E-state index in [0.29, 0.717) is 22.0 Å². The van der Waals surface area contributed by atoms with E-state index in [1.807, 2.05) is 24.3 Å². The lowest BCUT2D eigenvalue weighted by atomic mass is 9.98. The van der Waals surface area contributed by atoms with Crippen LogP contribution in [0.3, 0.4) is 0 Å². The van der Waals surface area contributed by atoms with E-state index in [-0.39, 0.29) is 0 Å². The fourth-order valence-electron chi connectivity index (χ4n) is 2.40. The lowest BCUT2D eigenvalue weighted by Gasteiger charge is -2.18. The summed E-state index contributed by atoms with van der Waals surface area (Å²) in [6, 6.07) is 12.9. The highest BCUT2D eigenvalue weighted by molar-refractivity contribution is 9.10. The van der Waals surface area contributed by atoms with Gasteiger partial charge in [0.05, 0.1) is 15.6 Å². The van der Waals surface area contributed by atoms with Gasteiger partial charge in [-0.05, 0) is 48.2 Å². The lowest BCUT2D eigenvalue weighted by Crippen LogP contribution is -2.17. The number of rotatable bonds is 3.